The number of carbonyl (C=O) groups is 1. The summed E-state index contributed by atoms with van der Waals surface area (Å²) in [5.74, 6) is 0.487. The van der Waals surface area contributed by atoms with Crippen molar-refractivity contribution < 1.29 is 19.0 Å². The molecule has 3 unspecified atom stereocenters. The van der Waals surface area contributed by atoms with E-state index in [4.69, 9.17) is 4.74 Å². The first-order chi connectivity index (χ1) is 17.0. The number of halogens is 1. The van der Waals surface area contributed by atoms with Gasteiger partial charge in [0.2, 0.25) is 0 Å². The zero-order chi connectivity index (χ0) is 24.4. The average Bonchev–Trinajstić information content (AvgIpc) is 2.97. The van der Waals surface area contributed by atoms with Crippen molar-refractivity contribution in [2.45, 2.75) is 37.8 Å². The standard InChI is InChI=1S/C27H35FN4O3/c1-30-12-13-32(18-21(33)17-31-11-9-19-4-2-3-5-20(19)16-31)27(34)23-7-6-22(14-25(23)30)35-26-8-10-29-15-24(26)28/h2-7,14,21,24,26,29,33H,8-13,15-18H2,1H3. The number of hydrogen-bond donors (Lipinski definition) is 2. The summed E-state index contributed by atoms with van der Waals surface area (Å²) in [5.41, 5.74) is 4.06. The molecule has 2 N–H and O–H groups in total. The summed E-state index contributed by atoms with van der Waals surface area (Å²) in [6.07, 6.45) is -0.558. The van der Waals surface area contributed by atoms with Crippen molar-refractivity contribution in [2.75, 3.05) is 57.8 Å². The number of hydrogen-bond acceptors (Lipinski definition) is 6. The first-order valence-electron chi connectivity index (χ1n) is 12.6. The number of piperidine rings is 1. The topological polar surface area (TPSA) is 68.3 Å². The highest BCUT2D eigenvalue weighted by Crippen LogP contribution is 2.30. The van der Waals surface area contributed by atoms with Gasteiger partial charge in [-0.3, -0.25) is 9.69 Å². The smallest absolute Gasteiger partial charge is 0.256 e. The van der Waals surface area contributed by atoms with Crippen LogP contribution in [0.15, 0.2) is 42.5 Å². The number of fused-ring (bicyclic) bond motifs is 2. The van der Waals surface area contributed by atoms with Gasteiger partial charge in [-0.1, -0.05) is 24.3 Å². The number of anilines is 1. The van der Waals surface area contributed by atoms with Crippen molar-refractivity contribution in [3.8, 4) is 5.75 Å². The molecule has 1 saturated heterocycles. The summed E-state index contributed by atoms with van der Waals surface area (Å²) in [6, 6.07) is 13.8. The highest BCUT2D eigenvalue weighted by molar-refractivity contribution is 6.00. The number of aliphatic hydroxyl groups is 1. The molecule has 0 aromatic heterocycles. The highest BCUT2D eigenvalue weighted by atomic mass is 19.1. The lowest BCUT2D eigenvalue weighted by Crippen LogP contribution is -2.44. The Morgan fingerprint density at radius 1 is 1.14 bits per heavy atom. The van der Waals surface area contributed by atoms with Crippen molar-refractivity contribution in [2.24, 2.45) is 0 Å². The Kier molecular flexibility index (Phi) is 7.22. The van der Waals surface area contributed by atoms with Gasteiger partial charge in [0.1, 0.15) is 18.0 Å². The lowest BCUT2D eigenvalue weighted by molar-refractivity contribution is 0.0521. The van der Waals surface area contributed by atoms with Gasteiger partial charge < -0.3 is 25.0 Å². The highest BCUT2D eigenvalue weighted by Gasteiger charge is 2.30. The molecule has 0 aliphatic carbocycles. The van der Waals surface area contributed by atoms with Crippen LogP contribution in [0, 0.1) is 0 Å². The molecule has 1 amide bonds. The predicted octanol–water partition coefficient (Wildman–Crippen LogP) is 2.08. The molecule has 188 valence electrons. The molecular formula is C27H35FN4O3. The third-order valence-electron chi connectivity index (χ3n) is 7.35. The second kappa shape index (κ2) is 10.5. The van der Waals surface area contributed by atoms with Gasteiger partial charge in [0, 0.05) is 58.9 Å². The molecule has 2 aromatic rings. The number of nitrogens with zero attached hydrogens (tertiary/aromatic N) is 3. The zero-order valence-electron chi connectivity index (χ0n) is 20.3. The number of likely N-dealkylation sites (N-methyl/N-ethyl adjacent to an activating group) is 1. The van der Waals surface area contributed by atoms with E-state index in [9.17, 15) is 14.3 Å². The summed E-state index contributed by atoms with van der Waals surface area (Å²) >= 11 is 0. The number of amides is 1. The number of aliphatic hydroxyl groups excluding tert-OH is 1. The van der Waals surface area contributed by atoms with Crippen LogP contribution in [0.5, 0.6) is 5.75 Å². The molecule has 3 aliphatic heterocycles. The number of rotatable bonds is 6. The molecule has 0 radical (unpaired) electrons. The van der Waals surface area contributed by atoms with E-state index in [0.29, 0.717) is 50.5 Å². The van der Waals surface area contributed by atoms with Crippen molar-refractivity contribution in [1.29, 1.82) is 0 Å². The summed E-state index contributed by atoms with van der Waals surface area (Å²) in [6.45, 7) is 4.77. The molecule has 3 aliphatic rings. The van der Waals surface area contributed by atoms with Crippen LogP contribution in [0.2, 0.25) is 0 Å². The maximum atomic E-state index is 14.2. The summed E-state index contributed by atoms with van der Waals surface area (Å²) in [4.78, 5) is 19.4. The molecule has 7 nitrogen and oxygen atoms in total. The fraction of sp³-hybridized carbons (Fsp3) is 0.519. The van der Waals surface area contributed by atoms with Gasteiger partial charge in [0.15, 0.2) is 0 Å². The van der Waals surface area contributed by atoms with E-state index >= 15 is 0 Å². The van der Waals surface area contributed by atoms with Gasteiger partial charge in [-0.25, -0.2) is 4.39 Å². The molecule has 0 spiro atoms. The number of alkyl halides is 1. The third kappa shape index (κ3) is 5.44. The molecule has 1 fully saturated rings. The fourth-order valence-corrected chi connectivity index (χ4v) is 5.34. The van der Waals surface area contributed by atoms with Gasteiger partial charge in [-0.05, 0) is 42.6 Å². The van der Waals surface area contributed by atoms with E-state index in [1.807, 2.05) is 18.0 Å². The minimum Gasteiger partial charge on any atom is -0.487 e. The van der Waals surface area contributed by atoms with Crippen LogP contribution >= 0.6 is 0 Å². The van der Waals surface area contributed by atoms with Crippen molar-refractivity contribution in [1.82, 2.24) is 15.1 Å². The third-order valence-corrected chi connectivity index (χ3v) is 7.35. The van der Waals surface area contributed by atoms with E-state index in [-0.39, 0.29) is 5.91 Å². The lowest BCUT2D eigenvalue weighted by atomic mass is 10.00. The average molecular weight is 483 g/mol. The van der Waals surface area contributed by atoms with E-state index < -0.39 is 18.4 Å². The van der Waals surface area contributed by atoms with Gasteiger partial charge in [-0.15, -0.1) is 0 Å². The minimum atomic E-state index is -1.05. The van der Waals surface area contributed by atoms with Crippen LogP contribution in [0.3, 0.4) is 0 Å². The first kappa shape index (κ1) is 24.0. The molecule has 35 heavy (non-hydrogen) atoms. The molecule has 0 saturated carbocycles. The monoisotopic (exact) mass is 482 g/mol. The molecule has 2 aromatic carbocycles. The Labute approximate surface area is 206 Å². The Hall–Kier alpha value is -2.68. The molecule has 3 heterocycles. The quantitative estimate of drug-likeness (QED) is 0.657. The maximum absolute atomic E-state index is 14.2. The molecular weight excluding hydrogens is 447 g/mol. The van der Waals surface area contributed by atoms with Crippen LogP contribution in [0.25, 0.3) is 0 Å². The van der Waals surface area contributed by atoms with Crippen LogP contribution < -0.4 is 15.0 Å². The van der Waals surface area contributed by atoms with Crippen molar-refractivity contribution >= 4 is 11.6 Å². The summed E-state index contributed by atoms with van der Waals surface area (Å²) in [7, 11) is 1.95. The summed E-state index contributed by atoms with van der Waals surface area (Å²) < 4.78 is 20.2. The fourth-order valence-electron chi connectivity index (χ4n) is 5.34. The summed E-state index contributed by atoms with van der Waals surface area (Å²) in [5, 5.41) is 13.9. The van der Waals surface area contributed by atoms with Crippen LogP contribution in [-0.2, 0) is 13.0 Å². The van der Waals surface area contributed by atoms with Gasteiger partial charge in [0.25, 0.3) is 5.91 Å². The second-order valence-electron chi connectivity index (χ2n) is 9.92. The van der Waals surface area contributed by atoms with Gasteiger partial charge in [0.05, 0.1) is 17.4 Å². The normalized spacial score (nSPS) is 23.9. The Morgan fingerprint density at radius 2 is 1.97 bits per heavy atom. The number of carbonyl (C=O) groups excluding carboxylic acids is 1. The maximum Gasteiger partial charge on any atom is 0.256 e. The second-order valence-corrected chi connectivity index (χ2v) is 9.92. The van der Waals surface area contributed by atoms with Crippen molar-refractivity contribution in [3.63, 3.8) is 0 Å². The van der Waals surface area contributed by atoms with Gasteiger partial charge >= 0.3 is 0 Å². The minimum absolute atomic E-state index is 0.0934. The van der Waals surface area contributed by atoms with Crippen LogP contribution in [0.1, 0.15) is 27.9 Å². The Balaban J connectivity index is 1.23. The Morgan fingerprint density at radius 3 is 2.80 bits per heavy atom. The van der Waals surface area contributed by atoms with E-state index in [0.717, 1.165) is 31.7 Å². The van der Waals surface area contributed by atoms with Crippen LogP contribution in [0.4, 0.5) is 10.1 Å². The van der Waals surface area contributed by atoms with Gasteiger partial charge in [-0.2, -0.15) is 0 Å². The lowest BCUT2D eigenvalue weighted by Gasteiger charge is -2.32. The van der Waals surface area contributed by atoms with Crippen LogP contribution in [-0.4, -0.2) is 92.1 Å². The molecule has 3 atom stereocenters. The van der Waals surface area contributed by atoms with E-state index in [2.05, 4.69) is 34.5 Å². The van der Waals surface area contributed by atoms with E-state index in [1.165, 1.54) is 11.1 Å². The molecule has 8 heteroatoms. The number of β-amino-alcohol motifs (C(OH)–C–C–N with tert-alkyl or cyclic N) is 1. The first-order valence-corrected chi connectivity index (χ1v) is 12.6. The number of ether oxygens (including phenoxy) is 1. The predicted molar refractivity (Wildman–Crippen MR) is 134 cm³/mol. The zero-order valence-corrected chi connectivity index (χ0v) is 20.3. The molecule has 0 bridgehead atoms. The molecule has 5 rings (SSSR count). The SMILES string of the molecule is CN1CCN(CC(O)CN2CCc3ccccc3C2)C(=O)c2ccc(OC3CCNCC3F)cc21. The number of nitrogens with one attached hydrogen (secondary N) is 1. The largest absolute Gasteiger partial charge is 0.487 e. The number of benzene rings is 2. The van der Waals surface area contributed by atoms with E-state index in [1.54, 1.807) is 17.0 Å². The van der Waals surface area contributed by atoms with Crippen molar-refractivity contribution in [3.05, 3.63) is 59.2 Å². The Bertz CT molecular complexity index is 1050.